The average Bonchev–Trinajstić information content (AvgIpc) is 2.78. The van der Waals surface area contributed by atoms with Crippen LogP contribution in [0.15, 0.2) is 53.4 Å². The van der Waals surface area contributed by atoms with Gasteiger partial charge >= 0.3 is 5.97 Å². The zero-order chi connectivity index (χ0) is 23.1. The monoisotopic (exact) mass is 498 g/mol. The summed E-state index contributed by atoms with van der Waals surface area (Å²) in [7, 11) is -3.76. The second-order valence-electron chi connectivity index (χ2n) is 6.70. The standard InChI is InChI=1S/C21H20Cl2N2O6S/c22-16-3-1-2-15(12-16)4-7-21(27)31-14-20(26)24-19-13-17(5-6-18(19)23)32(28,29)25-8-10-30-11-9-25/h1-7,12-13H,8-11,14H2,(H,24,26)/b7-4+. The molecule has 1 aliphatic heterocycles. The number of carbonyl (C=O) groups is 2. The van der Waals surface area contributed by atoms with Crippen molar-refractivity contribution in [3.63, 3.8) is 0 Å². The lowest BCUT2D eigenvalue weighted by molar-refractivity contribution is -0.142. The topological polar surface area (TPSA) is 102 Å². The van der Waals surface area contributed by atoms with Crippen molar-refractivity contribution in [2.75, 3.05) is 38.2 Å². The number of rotatable bonds is 7. The number of esters is 1. The van der Waals surface area contributed by atoms with Gasteiger partial charge in [-0.1, -0.05) is 35.3 Å². The number of amides is 1. The van der Waals surface area contributed by atoms with Crippen LogP contribution in [0.5, 0.6) is 0 Å². The number of halogens is 2. The molecule has 1 heterocycles. The van der Waals surface area contributed by atoms with Crippen molar-refractivity contribution in [3.05, 3.63) is 64.1 Å². The molecular weight excluding hydrogens is 479 g/mol. The Morgan fingerprint density at radius 1 is 1.12 bits per heavy atom. The van der Waals surface area contributed by atoms with Gasteiger partial charge in [-0.3, -0.25) is 4.79 Å². The number of morpholine rings is 1. The average molecular weight is 499 g/mol. The molecule has 0 saturated carbocycles. The van der Waals surface area contributed by atoms with Crippen LogP contribution in [0.2, 0.25) is 10.0 Å². The van der Waals surface area contributed by atoms with Gasteiger partial charge in [0.05, 0.1) is 28.8 Å². The van der Waals surface area contributed by atoms with E-state index in [9.17, 15) is 18.0 Å². The molecule has 3 rings (SSSR count). The molecule has 1 amide bonds. The maximum Gasteiger partial charge on any atom is 0.331 e. The van der Waals surface area contributed by atoms with Crippen molar-refractivity contribution in [1.82, 2.24) is 4.31 Å². The van der Waals surface area contributed by atoms with E-state index in [1.807, 2.05) is 0 Å². The van der Waals surface area contributed by atoms with Crippen LogP contribution in [-0.4, -0.2) is 57.5 Å². The van der Waals surface area contributed by atoms with E-state index in [1.54, 1.807) is 24.3 Å². The summed E-state index contributed by atoms with van der Waals surface area (Å²) in [6.07, 6.45) is 2.67. The fraction of sp³-hybridized carbons (Fsp3) is 0.238. The van der Waals surface area contributed by atoms with Gasteiger partial charge < -0.3 is 14.8 Å². The molecule has 1 N–H and O–H groups in total. The van der Waals surface area contributed by atoms with Crippen molar-refractivity contribution in [1.29, 1.82) is 0 Å². The summed E-state index contributed by atoms with van der Waals surface area (Å²) in [4.78, 5) is 24.0. The molecule has 8 nitrogen and oxygen atoms in total. The number of hydrogen-bond donors (Lipinski definition) is 1. The number of benzene rings is 2. The molecule has 0 spiro atoms. The number of sulfonamides is 1. The molecule has 1 aliphatic rings. The van der Waals surface area contributed by atoms with Crippen LogP contribution in [0.3, 0.4) is 0 Å². The third-order valence-corrected chi connectivity index (χ3v) is 6.89. The minimum absolute atomic E-state index is 0.0134. The molecule has 32 heavy (non-hydrogen) atoms. The minimum Gasteiger partial charge on any atom is -0.452 e. The second-order valence-corrected chi connectivity index (χ2v) is 9.48. The van der Waals surface area contributed by atoms with Crippen molar-refractivity contribution in [2.24, 2.45) is 0 Å². The molecule has 0 bridgehead atoms. The SMILES string of the molecule is O=C(COC(=O)/C=C/c1cccc(Cl)c1)Nc1cc(S(=O)(=O)N2CCOCC2)ccc1Cl. The quantitative estimate of drug-likeness (QED) is 0.464. The molecule has 0 radical (unpaired) electrons. The molecule has 1 fully saturated rings. The maximum absolute atomic E-state index is 12.8. The van der Waals surface area contributed by atoms with Gasteiger partial charge in [-0.15, -0.1) is 0 Å². The highest BCUT2D eigenvalue weighted by Crippen LogP contribution is 2.27. The highest BCUT2D eigenvalue weighted by molar-refractivity contribution is 7.89. The van der Waals surface area contributed by atoms with Crippen LogP contribution in [0, 0.1) is 0 Å². The summed E-state index contributed by atoms with van der Waals surface area (Å²) in [5.74, 6) is -1.40. The Labute approximate surface area is 195 Å². The van der Waals surface area contributed by atoms with Crippen LogP contribution >= 0.6 is 23.2 Å². The van der Waals surface area contributed by atoms with Crippen LogP contribution in [0.25, 0.3) is 6.08 Å². The van der Waals surface area contributed by atoms with E-state index in [0.29, 0.717) is 23.8 Å². The highest BCUT2D eigenvalue weighted by atomic mass is 35.5. The lowest BCUT2D eigenvalue weighted by Gasteiger charge is -2.26. The van der Waals surface area contributed by atoms with Crippen LogP contribution in [0.4, 0.5) is 5.69 Å². The first-order valence-electron chi connectivity index (χ1n) is 9.53. The summed E-state index contributed by atoms with van der Waals surface area (Å²) in [5, 5.41) is 3.13. The first-order chi connectivity index (χ1) is 15.3. The Morgan fingerprint density at radius 2 is 1.88 bits per heavy atom. The number of anilines is 1. The Bertz CT molecular complexity index is 1130. The molecule has 1 saturated heterocycles. The molecule has 11 heteroatoms. The highest BCUT2D eigenvalue weighted by Gasteiger charge is 2.27. The van der Waals surface area contributed by atoms with Crippen molar-refractivity contribution in [3.8, 4) is 0 Å². The summed E-state index contributed by atoms with van der Waals surface area (Å²) >= 11 is 12.0. The fourth-order valence-electron chi connectivity index (χ4n) is 2.84. The van der Waals surface area contributed by atoms with E-state index in [-0.39, 0.29) is 28.7 Å². The Hall–Kier alpha value is -2.43. The van der Waals surface area contributed by atoms with E-state index in [1.165, 1.54) is 34.7 Å². The molecular formula is C21H20Cl2N2O6S. The number of hydrogen-bond acceptors (Lipinski definition) is 6. The van der Waals surface area contributed by atoms with Crippen molar-refractivity contribution in [2.45, 2.75) is 4.90 Å². The van der Waals surface area contributed by atoms with Gasteiger partial charge in [0.15, 0.2) is 6.61 Å². The molecule has 2 aromatic rings. The maximum atomic E-state index is 12.8. The largest absolute Gasteiger partial charge is 0.452 e. The van der Waals surface area contributed by atoms with Gasteiger partial charge in [0.2, 0.25) is 10.0 Å². The molecule has 0 aromatic heterocycles. The van der Waals surface area contributed by atoms with Gasteiger partial charge in [0.1, 0.15) is 0 Å². The summed E-state index contributed by atoms with van der Waals surface area (Å²) in [6.45, 7) is 0.535. The second kappa shape index (κ2) is 10.9. The third-order valence-electron chi connectivity index (χ3n) is 4.43. The Kier molecular flexibility index (Phi) is 8.27. The van der Waals surface area contributed by atoms with E-state index in [2.05, 4.69) is 5.32 Å². The van der Waals surface area contributed by atoms with Gasteiger partial charge in [0, 0.05) is 24.2 Å². The van der Waals surface area contributed by atoms with Gasteiger partial charge in [-0.05, 0) is 42.0 Å². The van der Waals surface area contributed by atoms with Crippen LogP contribution in [0.1, 0.15) is 5.56 Å². The van der Waals surface area contributed by atoms with E-state index in [0.717, 1.165) is 0 Å². The lowest BCUT2D eigenvalue weighted by atomic mass is 10.2. The first kappa shape index (κ1) is 24.2. The number of nitrogens with zero attached hydrogens (tertiary/aromatic N) is 1. The first-order valence-corrected chi connectivity index (χ1v) is 11.7. The number of carbonyl (C=O) groups excluding carboxylic acids is 2. The molecule has 0 unspecified atom stereocenters. The smallest absolute Gasteiger partial charge is 0.331 e. The normalized spacial score (nSPS) is 14.9. The lowest BCUT2D eigenvalue weighted by Crippen LogP contribution is -2.40. The zero-order valence-electron chi connectivity index (χ0n) is 16.8. The Morgan fingerprint density at radius 3 is 2.59 bits per heavy atom. The van der Waals surface area contributed by atoms with Crippen LogP contribution < -0.4 is 5.32 Å². The van der Waals surface area contributed by atoms with Gasteiger partial charge in [-0.2, -0.15) is 4.31 Å². The van der Waals surface area contributed by atoms with Crippen LogP contribution in [-0.2, 0) is 29.1 Å². The van der Waals surface area contributed by atoms with Gasteiger partial charge in [0.25, 0.3) is 5.91 Å². The van der Waals surface area contributed by atoms with Gasteiger partial charge in [-0.25, -0.2) is 13.2 Å². The molecule has 2 aromatic carbocycles. The zero-order valence-corrected chi connectivity index (χ0v) is 19.1. The molecule has 0 aliphatic carbocycles. The Balaban J connectivity index is 1.59. The third kappa shape index (κ3) is 6.54. The van der Waals surface area contributed by atoms with Crippen molar-refractivity contribution >= 4 is 56.9 Å². The minimum atomic E-state index is -3.76. The predicted molar refractivity (Wildman–Crippen MR) is 121 cm³/mol. The predicted octanol–water partition coefficient (Wildman–Crippen LogP) is 3.21. The van der Waals surface area contributed by atoms with E-state index >= 15 is 0 Å². The van der Waals surface area contributed by atoms with E-state index in [4.69, 9.17) is 32.7 Å². The summed E-state index contributed by atoms with van der Waals surface area (Å²) < 4.78 is 37.0. The molecule has 0 atom stereocenters. The summed E-state index contributed by atoms with van der Waals surface area (Å²) in [6, 6.07) is 10.9. The number of nitrogens with one attached hydrogen (secondary N) is 1. The van der Waals surface area contributed by atoms with Crippen molar-refractivity contribution < 1.29 is 27.5 Å². The fourth-order valence-corrected chi connectivity index (χ4v) is 4.64. The number of ether oxygens (including phenoxy) is 2. The van der Waals surface area contributed by atoms with E-state index < -0.39 is 28.5 Å². The summed E-state index contributed by atoms with van der Waals surface area (Å²) in [5.41, 5.74) is 0.792. The molecule has 170 valence electrons.